The summed E-state index contributed by atoms with van der Waals surface area (Å²) < 4.78 is 35.3. The molecule has 28 heavy (non-hydrogen) atoms. The van der Waals surface area contributed by atoms with Gasteiger partial charge in [0.2, 0.25) is 0 Å². The molecule has 3 fully saturated rings. The Kier molecular flexibility index (Phi) is 5.04. The van der Waals surface area contributed by atoms with E-state index < -0.39 is 16.2 Å². The number of pyridine rings is 1. The van der Waals surface area contributed by atoms with Gasteiger partial charge in [0.25, 0.3) is 10.1 Å². The van der Waals surface area contributed by atoms with Gasteiger partial charge in [0.1, 0.15) is 11.9 Å². The molecule has 5 rings (SSSR count). The zero-order chi connectivity index (χ0) is 19.9. The van der Waals surface area contributed by atoms with Crippen molar-refractivity contribution in [2.24, 2.45) is 11.8 Å². The topological polar surface area (TPSA) is 68.7 Å². The first kappa shape index (κ1) is 19.2. The van der Waals surface area contributed by atoms with Crippen molar-refractivity contribution in [1.29, 1.82) is 0 Å². The van der Waals surface area contributed by atoms with E-state index in [0.717, 1.165) is 48.7 Å². The first-order chi connectivity index (χ1) is 13.4. The lowest BCUT2D eigenvalue weighted by Gasteiger charge is -2.50. The van der Waals surface area contributed by atoms with Crippen LogP contribution in [0.1, 0.15) is 24.5 Å². The fourth-order valence-electron chi connectivity index (χ4n) is 4.61. The molecule has 0 amide bonds. The molecule has 3 saturated heterocycles. The quantitative estimate of drug-likeness (QED) is 0.568. The summed E-state index contributed by atoms with van der Waals surface area (Å²) in [6.45, 7) is 1.69. The minimum atomic E-state index is -3.66. The van der Waals surface area contributed by atoms with Gasteiger partial charge in [-0.3, -0.25) is 14.1 Å². The molecule has 148 valence electrons. The maximum atomic E-state index is 12.1. The number of nitrogens with zero attached hydrogens (tertiary/aromatic N) is 2. The molecule has 0 aliphatic carbocycles. The smallest absolute Gasteiger partial charge is 0.265 e. The molecule has 2 bridgehead atoms. The van der Waals surface area contributed by atoms with Crippen LogP contribution in [0.3, 0.4) is 0 Å². The second-order valence-corrected chi connectivity index (χ2v) is 9.22. The van der Waals surface area contributed by atoms with Gasteiger partial charge in [-0.25, -0.2) is 0 Å². The lowest BCUT2D eigenvalue weighted by molar-refractivity contribution is -0.0314. The van der Waals surface area contributed by atoms with Crippen LogP contribution < -0.4 is 4.74 Å². The lowest BCUT2D eigenvalue weighted by Crippen LogP contribution is -2.55. The highest BCUT2D eigenvalue weighted by molar-refractivity contribution is 7.86. The largest absolute Gasteiger partial charge is 0.497 e. The predicted molar refractivity (Wildman–Crippen MR) is 107 cm³/mol. The van der Waals surface area contributed by atoms with E-state index in [4.69, 9.17) is 15.3 Å². The van der Waals surface area contributed by atoms with Crippen molar-refractivity contribution in [1.82, 2.24) is 9.88 Å². The summed E-state index contributed by atoms with van der Waals surface area (Å²) >= 11 is 0. The van der Waals surface area contributed by atoms with Crippen LogP contribution in [0.2, 0.25) is 0 Å². The molecular formula is C21H24N2O4S. The average molecular weight is 401 g/mol. The highest BCUT2D eigenvalue weighted by Crippen LogP contribution is 2.43. The van der Waals surface area contributed by atoms with Crippen molar-refractivity contribution in [3.63, 3.8) is 0 Å². The molecule has 4 heterocycles. The number of piperidine rings is 3. The fraction of sp³-hybridized carbons (Fsp3) is 0.476. The summed E-state index contributed by atoms with van der Waals surface area (Å²) in [6.07, 6.45) is 9.75. The number of ether oxygens (including phenoxy) is 1. The monoisotopic (exact) mass is 400 g/mol. The highest BCUT2D eigenvalue weighted by Gasteiger charge is 2.44. The summed E-state index contributed by atoms with van der Waals surface area (Å²) in [4.78, 5) is 6.70. The van der Waals surface area contributed by atoms with Crippen LogP contribution >= 0.6 is 0 Å². The number of rotatable bonds is 5. The summed E-state index contributed by atoms with van der Waals surface area (Å²) in [5, 5.41) is 0.839. The van der Waals surface area contributed by atoms with E-state index in [1.807, 2.05) is 24.3 Å². The van der Waals surface area contributed by atoms with Crippen LogP contribution in [0.4, 0.5) is 0 Å². The SMILES string of the molecule is C#CC1CN2CCC1CC2[C@H](OS(C)(=O)=O)c1ccnc2ccc(OC)cc12. The zero-order valence-electron chi connectivity index (χ0n) is 16.0. The molecule has 6 nitrogen and oxygen atoms in total. The van der Waals surface area contributed by atoms with E-state index >= 15 is 0 Å². The third-order valence-electron chi connectivity index (χ3n) is 5.93. The fourth-order valence-corrected chi connectivity index (χ4v) is 5.21. The first-order valence-corrected chi connectivity index (χ1v) is 11.2. The van der Waals surface area contributed by atoms with Gasteiger partial charge in [0.05, 0.1) is 18.9 Å². The molecule has 1 aromatic heterocycles. The Morgan fingerprint density at radius 1 is 1.36 bits per heavy atom. The van der Waals surface area contributed by atoms with E-state index in [0.29, 0.717) is 11.7 Å². The number of hydrogen-bond donors (Lipinski definition) is 0. The Morgan fingerprint density at radius 3 is 2.82 bits per heavy atom. The molecule has 0 spiro atoms. The van der Waals surface area contributed by atoms with E-state index in [1.165, 1.54) is 0 Å². The number of benzene rings is 1. The minimum Gasteiger partial charge on any atom is -0.497 e. The van der Waals surface area contributed by atoms with Gasteiger partial charge in [-0.1, -0.05) is 0 Å². The Morgan fingerprint density at radius 2 is 2.18 bits per heavy atom. The molecule has 0 N–H and O–H groups in total. The number of aromatic nitrogens is 1. The standard InChI is InChI=1S/C21H24N2O4S/c1-4-14-13-23-10-8-15(14)11-20(23)21(27-28(3,24)25)17-7-9-22-19-6-5-16(26-2)12-18(17)19/h1,5-7,9,12,14-15,20-21H,8,10-11,13H2,2-3H3/t14?,15?,20?,21-/m1/s1. The van der Waals surface area contributed by atoms with Gasteiger partial charge in [-0.05, 0) is 55.1 Å². The second kappa shape index (κ2) is 7.36. The minimum absolute atomic E-state index is 0.0464. The molecule has 1 aromatic carbocycles. The van der Waals surface area contributed by atoms with Gasteiger partial charge in [0, 0.05) is 30.1 Å². The Balaban J connectivity index is 1.80. The van der Waals surface area contributed by atoms with E-state index in [1.54, 1.807) is 13.3 Å². The Bertz CT molecular complexity index is 1030. The molecule has 2 aromatic rings. The summed E-state index contributed by atoms with van der Waals surface area (Å²) in [5.41, 5.74) is 1.59. The normalized spacial score (nSPS) is 28.0. The van der Waals surface area contributed by atoms with Crippen LogP contribution in [-0.4, -0.2) is 50.8 Å². The van der Waals surface area contributed by atoms with E-state index in [2.05, 4.69) is 15.8 Å². The van der Waals surface area contributed by atoms with Crippen LogP contribution in [0.5, 0.6) is 5.75 Å². The predicted octanol–water partition coefficient (Wildman–Crippen LogP) is 2.60. The first-order valence-electron chi connectivity index (χ1n) is 9.40. The molecule has 5 atom stereocenters. The van der Waals surface area contributed by atoms with Crippen molar-refractivity contribution < 1.29 is 17.3 Å². The van der Waals surface area contributed by atoms with Crippen molar-refractivity contribution in [2.75, 3.05) is 26.5 Å². The second-order valence-electron chi connectivity index (χ2n) is 7.62. The highest BCUT2D eigenvalue weighted by atomic mass is 32.2. The Labute approximate surface area is 166 Å². The molecule has 7 heteroatoms. The molecule has 3 aliphatic rings. The van der Waals surface area contributed by atoms with Crippen molar-refractivity contribution >= 4 is 21.0 Å². The molecule has 0 saturated carbocycles. The van der Waals surface area contributed by atoms with E-state index in [-0.39, 0.29) is 12.0 Å². The third kappa shape index (κ3) is 3.60. The average Bonchev–Trinajstić information content (AvgIpc) is 2.70. The van der Waals surface area contributed by atoms with Gasteiger partial charge in [-0.15, -0.1) is 12.3 Å². The van der Waals surface area contributed by atoms with Crippen molar-refractivity contribution in [3.8, 4) is 18.1 Å². The third-order valence-corrected chi connectivity index (χ3v) is 6.49. The zero-order valence-corrected chi connectivity index (χ0v) is 16.9. The Hall–Kier alpha value is -2.14. The summed E-state index contributed by atoms with van der Waals surface area (Å²) in [5.74, 6) is 4.21. The molecule has 4 unspecified atom stereocenters. The van der Waals surface area contributed by atoms with E-state index in [9.17, 15) is 8.42 Å². The van der Waals surface area contributed by atoms with Crippen LogP contribution in [0, 0.1) is 24.2 Å². The van der Waals surface area contributed by atoms with Crippen molar-refractivity contribution in [3.05, 3.63) is 36.0 Å². The van der Waals surface area contributed by atoms with Crippen LogP contribution in [0.15, 0.2) is 30.5 Å². The van der Waals surface area contributed by atoms with Crippen molar-refractivity contribution in [2.45, 2.75) is 25.0 Å². The number of hydrogen-bond acceptors (Lipinski definition) is 6. The van der Waals surface area contributed by atoms with Gasteiger partial charge < -0.3 is 4.74 Å². The lowest BCUT2D eigenvalue weighted by atomic mass is 9.74. The molecule has 3 aliphatic heterocycles. The van der Waals surface area contributed by atoms with Gasteiger partial charge in [-0.2, -0.15) is 8.42 Å². The molecule has 0 radical (unpaired) electrons. The van der Waals surface area contributed by atoms with Gasteiger partial charge in [0.15, 0.2) is 0 Å². The molecular weight excluding hydrogens is 376 g/mol. The number of terminal acetylenes is 1. The summed E-state index contributed by atoms with van der Waals surface area (Å²) in [6, 6.07) is 7.40. The summed E-state index contributed by atoms with van der Waals surface area (Å²) in [7, 11) is -2.06. The van der Waals surface area contributed by atoms with Crippen LogP contribution in [0.25, 0.3) is 10.9 Å². The number of fused-ring (bicyclic) bond motifs is 4. The van der Waals surface area contributed by atoms with Gasteiger partial charge >= 0.3 is 0 Å². The maximum absolute atomic E-state index is 12.1. The van der Waals surface area contributed by atoms with Crippen LogP contribution in [-0.2, 0) is 14.3 Å². The number of methoxy groups -OCH3 is 1. The maximum Gasteiger partial charge on any atom is 0.265 e.